The summed E-state index contributed by atoms with van der Waals surface area (Å²) in [5, 5.41) is 2.59. The minimum Gasteiger partial charge on any atom is -0.397 e. The molecule has 1 aliphatic heterocycles. The van der Waals surface area contributed by atoms with Crippen molar-refractivity contribution in [3.63, 3.8) is 0 Å². The SMILES string of the molecule is Nc1cc2c(cc1Cl)S(=O)(=O)CC(=O)N2. The van der Waals surface area contributed by atoms with E-state index < -0.39 is 21.5 Å². The molecule has 0 aliphatic carbocycles. The number of fused-ring (bicyclic) bond motifs is 1. The molecule has 1 heterocycles. The molecular formula is C8H7ClN2O3S. The number of nitrogens with two attached hydrogens (primary N) is 1. The van der Waals surface area contributed by atoms with Crippen molar-refractivity contribution in [3.05, 3.63) is 17.2 Å². The summed E-state index contributed by atoms with van der Waals surface area (Å²) < 4.78 is 23.2. The maximum absolute atomic E-state index is 11.6. The Balaban J connectivity index is 2.74. The Kier molecular flexibility index (Phi) is 2.13. The average molecular weight is 247 g/mol. The summed E-state index contributed by atoms with van der Waals surface area (Å²) in [6.07, 6.45) is 0. The van der Waals surface area contributed by atoms with Crippen molar-refractivity contribution in [2.24, 2.45) is 0 Å². The van der Waals surface area contributed by atoms with Gasteiger partial charge in [-0.1, -0.05) is 11.6 Å². The molecule has 5 nitrogen and oxygen atoms in total. The molecule has 0 atom stereocenters. The van der Waals surface area contributed by atoms with Gasteiger partial charge in [-0.2, -0.15) is 0 Å². The monoisotopic (exact) mass is 246 g/mol. The van der Waals surface area contributed by atoms with Crippen molar-refractivity contribution in [3.8, 4) is 0 Å². The van der Waals surface area contributed by atoms with Gasteiger partial charge in [0, 0.05) is 0 Å². The maximum Gasteiger partial charge on any atom is 0.239 e. The van der Waals surface area contributed by atoms with E-state index in [0.29, 0.717) is 0 Å². The van der Waals surface area contributed by atoms with Crippen molar-refractivity contribution in [2.45, 2.75) is 4.90 Å². The van der Waals surface area contributed by atoms with Crippen LogP contribution in [0.2, 0.25) is 5.02 Å². The summed E-state index contributed by atoms with van der Waals surface area (Å²) in [6.45, 7) is 0. The fraction of sp³-hybridized carbons (Fsp3) is 0.125. The summed E-state index contributed by atoms with van der Waals surface area (Å²) in [4.78, 5) is 11.1. The Morgan fingerprint density at radius 1 is 1.40 bits per heavy atom. The third-order valence-corrected chi connectivity index (χ3v) is 4.01. The molecule has 1 aliphatic rings. The molecule has 15 heavy (non-hydrogen) atoms. The van der Waals surface area contributed by atoms with Crippen LogP contribution in [0.15, 0.2) is 17.0 Å². The second kappa shape index (κ2) is 3.11. The minimum absolute atomic E-state index is 0.0151. The summed E-state index contributed by atoms with van der Waals surface area (Å²) in [5.74, 6) is -1.12. The first-order valence-corrected chi connectivity index (χ1v) is 6.05. The highest BCUT2D eigenvalue weighted by molar-refractivity contribution is 7.92. The molecule has 1 amide bonds. The van der Waals surface area contributed by atoms with Gasteiger partial charge < -0.3 is 11.1 Å². The van der Waals surface area contributed by atoms with Gasteiger partial charge in [0.05, 0.1) is 21.3 Å². The van der Waals surface area contributed by atoms with Crippen LogP contribution < -0.4 is 11.1 Å². The quantitative estimate of drug-likeness (QED) is 0.658. The van der Waals surface area contributed by atoms with Crippen molar-refractivity contribution in [1.29, 1.82) is 0 Å². The Morgan fingerprint density at radius 3 is 2.73 bits per heavy atom. The largest absolute Gasteiger partial charge is 0.397 e. The normalized spacial score (nSPS) is 18.1. The van der Waals surface area contributed by atoms with Crippen LogP contribution >= 0.6 is 11.6 Å². The molecule has 1 aromatic rings. The molecule has 0 radical (unpaired) electrons. The van der Waals surface area contributed by atoms with Crippen molar-refractivity contribution in [1.82, 2.24) is 0 Å². The number of nitrogens with one attached hydrogen (secondary N) is 1. The number of sulfone groups is 1. The molecule has 1 aromatic carbocycles. The molecule has 0 saturated heterocycles. The van der Waals surface area contributed by atoms with Gasteiger partial charge in [-0.05, 0) is 12.1 Å². The zero-order valence-electron chi connectivity index (χ0n) is 7.45. The number of benzene rings is 1. The van der Waals surface area contributed by atoms with Crippen LogP contribution in [0, 0.1) is 0 Å². The number of hydrogen-bond acceptors (Lipinski definition) is 4. The van der Waals surface area contributed by atoms with E-state index in [0.717, 1.165) is 0 Å². The van der Waals surface area contributed by atoms with Crippen LogP contribution in [0.4, 0.5) is 11.4 Å². The number of nitrogen functional groups attached to an aromatic ring is 1. The third kappa shape index (κ3) is 1.66. The van der Waals surface area contributed by atoms with Gasteiger partial charge in [-0.25, -0.2) is 8.42 Å². The van der Waals surface area contributed by atoms with Crippen LogP contribution in [-0.4, -0.2) is 20.1 Å². The zero-order valence-corrected chi connectivity index (χ0v) is 9.02. The molecular weight excluding hydrogens is 240 g/mol. The lowest BCUT2D eigenvalue weighted by Gasteiger charge is -2.17. The van der Waals surface area contributed by atoms with Crippen LogP contribution in [0.25, 0.3) is 0 Å². The summed E-state index contributed by atoms with van der Waals surface area (Å²) >= 11 is 5.71. The molecule has 0 unspecified atom stereocenters. The molecule has 0 bridgehead atoms. The predicted octanol–water partition coefficient (Wildman–Crippen LogP) is 0.648. The first-order chi connectivity index (χ1) is 6.90. The first kappa shape index (κ1) is 10.3. The van der Waals surface area contributed by atoms with Gasteiger partial charge in [0.2, 0.25) is 5.91 Å². The Bertz CT molecular complexity index is 553. The van der Waals surface area contributed by atoms with Crippen LogP contribution in [0.1, 0.15) is 0 Å². The lowest BCUT2D eigenvalue weighted by atomic mass is 10.2. The van der Waals surface area contributed by atoms with E-state index >= 15 is 0 Å². The molecule has 0 spiro atoms. The lowest BCUT2D eigenvalue weighted by Crippen LogP contribution is -2.29. The highest BCUT2D eigenvalue weighted by Crippen LogP contribution is 2.33. The standard InChI is InChI=1S/C8H7ClN2O3S/c9-4-1-7-6(2-5(4)10)11-8(12)3-15(7,13)14/h1-2H,3,10H2,(H,11,12). The molecule has 3 N–H and O–H groups in total. The van der Waals surface area contributed by atoms with Gasteiger partial charge in [0.25, 0.3) is 0 Å². The number of anilines is 2. The second-order valence-electron chi connectivity index (χ2n) is 3.18. The van der Waals surface area contributed by atoms with Crippen LogP contribution in [0.3, 0.4) is 0 Å². The molecule has 0 aromatic heterocycles. The number of hydrogen-bond donors (Lipinski definition) is 2. The number of halogens is 1. The summed E-state index contributed by atoms with van der Waals surface area (Å²) in [5.41, 5.74) is 5.92. The number of amides is 1. The third-order valence-electron chi connectivity index (χ3n) is 2.03. The van der Waals surface area contributed by atoms with E-state index in [-0.39, 0.29) is 21.3 Å². The summed E-state index contributed by atoms with van der Waals surface area (Å²) in [6, 6.07) is 2.59. The molecule has 80 valence electrons. The zero-order chi connectivity index (χ0) is 11.2. The maximum atomic E-state index is 11.6. The molecule has 0 saturated carbocycles. The van der Waals surface area contributed by atoms with Gasteiger partial charge >= 0.3 is 0 Å². The highest BCUT2D eigenvalue weighted by Gasteiger charge is 2.29. The molecule has 7 heteroatoms. The predicted molar refractivity (Wildman–Crippen MR) is 56.5 cm³/mol. The van der Waals surface area contributed by atoms with Crippen molar-refractivity contribution in [2.75, 3.05) is 16.8 Å². The fourth-order valence-corrected chi connectivity index (χ4v) is 2.91. The van der Waals surface area contributed by atoms with Crippen molar-refractivity contribution >= 4 is 38.7 Å². The van der Waals surface area contributed by atoms with E-state index in [2.05, 4.69) is 5.32 Å². The Labute approximate surface area is 91.1 Å². The number of carbonyl (C=O) groups is 1. The van der Waals surface area contributed by atoms with Crippen LogP contribution in [0.5, 0.6) is 0 Å². The van der Waals surface area contributed by atoms with Crippen LogP contribution in [-0.2, 0) is 14.6 Å². The highest BCUT2D eigenvalue weighted by atomic mass is 35.5. The van der Waals surface area contributed by atoms with Gasteiger partial charge in [-0.15, -0.1) is 0 Å². The van der Waals surface area contributed by atoms with E-state index in [1.807, 2.05) is 0 Å². The number of rotatable bonds is 0. The first-order valence-electron chi connectivity index (χ1n) is 4.02. The fourth-order valence-electron chi connectivity index (χ4n) is 1.36. The van der Waals surface area contributed by atoms with Gasteiger partial charge in [-0.3, -0.25) is 4.79 Å². The summed E-state index contributed by atoms with van der Waals surface area (Å²) in [7, 11) is -3.58. The van der Waals surface area contributed by atoms with Gasteiger partial charge in [0.15, 0.2) is 9.84 Å². The molecule has 0 fully saturated rings. The lowest BCUT2D eigenvalue weighted by molar-refractivity contribution is -0.114. The number of carbonyl (C=O) groups excluding carboxylic acids is 1. The van der Waals surface area contributed by atoms with E-state index in [9.17, 15) is 13.2 Å². The average Bonchev–Trinajstić information content (AvgIpc) is 2.07. The second-order valence-corrected chi connectivity index (χ2v) is 5.54. The van der Waals surface area contributed by atoms with Gasteiger partial charge in [0.1, 0.15) is 5.75 Å². The topological polar surface area (TPSA) is 89.3 Å². The van der Waals surface area contributed by atoms with E-state index in [4.69, 9.17) is 17.3 Å². The van der Waals surface area contributed by atoms with E-state index in [1.54, 1.807) is 0 Å². The smallest absolute Gasteiger partial charge is 0.239 e. The Morgan fingerprint density at radius 2 is 2.07 bits per heavy atom. The van der Waals surface area contributed by atoms with Crippen molar-refractivity contribution < 1.29 is 13.2 Å². The minimum atomic E-state index is -3.58. The molecule has 2 rings (SSSR count). The van der Waals surface area contributed by atoms with E-state index in [1.165, 1.54) is 12.1 Å². The Hall–Kier alpha value is -1.27.